The molecule has 0 spiro atoms. The molecule has 1 aliphatic carbocycles. The van der Waals surface area contributed by atoms with Gasteiger partial charge in [0.1, 0.15) is 49.3 Å². The first-order chi connectivity index (χ1) is 22.5. The number of hydrogen-bond acceptors (Lipinski definition) is 14. The minimum Gasteiger partial charge on any atom is -0.463 e. The zero-order valence-electron chi connectivity index (χ0n) is 28.2. The Morgan fingerprint density at radius 2 is 1.60 bits per heavy atom. The van der Waals surface area contributed by atoms with Crippen LogP contribution in [0.5, 0.6) is 0 Å². The quantitative estimate of drug-likeness (QED) is 0.123. The van der Waals surface area contributed by atoms with Crippen LogP contribution in [0.2, 0.25) is 0 Å². The number of allylic oxidation sites excluding steroid dienone is 7. The smallest absolute Gasteiger partial charge is 0.307 e. The molecule has 0 bridgehead atoms. The molecule has 3 rings (SSSR count). The molecule has 0 aromatic rings. The van der Waals surface area contributed by atoms with Crippen molar-refractivity contribution in [3.63, 3.8) is 0 Å². The van der Waals surface area contributed by atoms with Crippen LogP contribution in [0.25, 0.3) is 0 Å². The average Bonchev–Trinajstić information content (AvgIpc) is 3.04. The number of ether oxygens (including phenoxy) is 5. The van der Waals surface area contributed by atoms with Gasteiger partial charge in [-0.3, -0.25) is 14.4 Å². The van der Waals surface area contributed by atoms with Gasteiger partial charge >= 0.3 is 11.9 Å². The van der Waals surface area contributed by atoms with Crippen LogP contribution in [0.3, 0.4) is 0 Å². The van der Waals surface area contributed by atoms with E-state index in [1.807, 2.05) is 58.1 Å². The minimum atomic E-state index is -1.88. The fourth-order valence-corrected chi connectivity index (χ4v) is 5.92. The Morgan fingerprint density at radius 3 is 2.25 bits per heavy atom. The van der Waals surface area contributed by atoms with E-state index in [9.17, 15) is 45.0 Å². The van der Waals surface area contributed by atoms with Gasteiger partial charge in [-0.05, 0) is 43.8 Å². The summed E-state index contributed by atoms with van der Waals surface area (Å²) < 4.78 is 27.1. The van der Waals surface area contributed by atoms with Crippen LogP contribution >= 0.6 is 0 Å². The van der Waals surface area contributed by atoms with Crippen molar-refractivity contribution in [2.45, 2.75) is 135 Å². The highest BCUT2D eigenvalue weighted by atomic mass is 16.7. The third kappa shape index (κ3) is 9.67. The lowest BCUT2D eigenvalue weighted by atomic mass is 9.71. The maximum absolute atomic E-state index is 13.1. The van der Waals surface area contributed by atoms with E-state index in [1.54, 1.807) is 13.8 Å². The van der Waals surface area contributed by atoms with Gasteiger partial charge in [0.05, 0.1) is 18.9 Å². The number of carbonyl (C=O) groups is 3. The van der Waals surface area contributed by atoms with Gasteiger partial charge in [-0.25, -0.2) is 0 Å². The lowest BCUT2D eigenvalue weighted by molar-refractivity contribution is -0.353. The largest absolute Gasteiger partial charge is 0.463 e. The zero-order chi connectivity index (χ0) is 35.9. The van der Waals surface area contributed by atoms with Crippen molar-refractivity contribution >= 4 is 17.7 Å². The fraction of sp³-hybridized carbons (Fsp3) is 0.676. The van der Waals surface area contributed by atoms with Crippen molar-refractivity contribution in [1.82, 2.24) is 0 Å². The molecule has 48 heavy (non-hydrogen) atoms. The van der Waals surface area contributed by atoms with Crippen LogP contribution in [-0.2, 0) is 38.1 Å². The van der Waals surface area contributed by atoms with E-state index in [2.05, 4.69) is 0 Å². The zero-order valence-corrected chi connectivity index (χ0v) is 28.2. The molecule has 11 atom stereocenters. The Bertz CT molecular complexity index is 1270. The predicted molar refractivity (Wildman–Crippen MR) is 169 cm³/mol. The maximum Gasteiger partial charge on any atom is 0.307 e. The summed E-state index contributed by atoms with van der Waals surface area (Å²) in [5, 5.41) is 61.5. The summed E-state index contributed by atoms with van der Waals surface area (Å²) in [6.45, 7) is 10.5. The number of rotatable bonds is 12. The molecular weight excluding hydrogens is 632 g/mol. The summed E-state index contributed by atoms with van der Waals surface area (Å²) in [4.78, 5) is 38.3. The molecule has 14 heteroatoms. The van der Waals surface area contributed by atoms with E-state index >= 15 is 0 Å². The van der Waals surface area contributed by atoms with Crippen molar-refractivity contribution in [1.29, 1.82) is 0 Å². The van der Waals surface area contributed by atoms with E-state index in [0.29, 0.717) is 5.57 Å². The molecule has 14 nitrogen and oxygen atoms in total. The highest BCUT2D eigenvalue weighted by Gasteiger charge is 2.50. The number of aliphatic hydroxyl groups excluding tert-OH is 6. The Hall–Kier alpha value is -2.79. The molecule has 0 saturated carbocycles. The molecular formula is C34H50O14. The highest BCUT2D eigenvalue weighted by Crippen LogP contribution is 2.41. The maximum atomic E-state index is 13.1. The van der Waals surface area contributed by atoms with Gasteiger partial charge in [-0.2, -0.15) is 0 Å². The predicted octanol–water partition coefficient (Wildman–Crippen LogP) is 0.658. The molecule has 0 amide bonds. The number of carbonyl (C=O) groups excluding carboxylic acids is 3. The monoisotopic (exact) mass is 682 g/mol. The molecule has 2 fully saturated rings. The van der Waals surface area contributed by atoms with E-state index in [1.165, 1.54) is 0 Å². The summed E-state index contributed by atoms with van der Waals surface area (Å²) in [5.41, 5.74) is 1.85. The van der Waals surface area contributed by atoms with Crippen molar-refractivity contribution in [2.75, 3.05) is 6.61 Å². The first-order valence-corrected chi connectivity index (χ1v) is 16.1. The van der Waals surface area contributed by atoms with E-state index in [-0.39, 0.29) is 18.6 Å². The van der Waals surface area contributed by atoms with Crippen molar-refractivity contribution in [3.05, 3.63) is 47.1 Å². The summed E-state index contributed by atoms with van der Waals surface area (Å²) in [7, 11) is 0. The van der Waals surface area contributed by atoms with Gasteiger partial charge in [0.15, 0.2) is 24.5 Å². The molecule has 3 aliphatic rings. The third-order valence-electron chi connectivity index (χ3n) is 8.79. The van der Waals surface area contributed by atoms with Crippen molar-refractivity contribution < 1.29 is 68.7 Å². The number of Topliss-reactive ketones (excluding diaryl/α,β-unsaturated/α-hetero) is 1. The van der Waals surface area contributed by atoms with Crippen LogP contribution in [0.15, 0.2) is 47.1 Å². The highest BCUT2D eigenvalue weighted by molar-refractivity contribution is 6.01. The molecule has 2 heterocycles. The summed E-state index contributed by atoms with van der Waals surface area (Å²) >= 11 is 0. The van der Waals surface area contributed by atoms with E-state index in [4.69, 9.17) is 23.7 Å². The van der Waals surface area contributed by atoms with Crippen LogP contribution < -0.4 is 0 Å². The molecule has 270 valence electrons. The minimum absolute atomic E-state index is 0.246. The first-order valence-electron chi connectivity index (χ1n) is 16.1. The van der Waals surface area contributed by atoms with Crippen molar-refractivity contribution in [2.24, 2.45) is 5.41 Å². The van der Waals surface area contributed by atoms with Gasteiger partial charge in [0.2, 0.25) is 0 Å². The van der Waals surface area contributed by atoms with Crippen LogP contribution in [0.4, 0.5) is 0 Å². The molecule has 6 N–H and O–H groups in total. The van der Waals surface area contributed by atoms with Gasteiger partial charge in [-0.15, -0.1) is 0 Å². The Balaban J connectivity index is 1.57. The van der Waals surface area contributed by atoms with Gasteiger partial charge in [0.25, 0.3) is 0 Å². The number of esters is 2. The fourth-order valence-electron chi connectivity index (χ4n) is 5.92. The molecule has 2 aliphatic heterocycles. The second kappa shape index (κ2) is 17.2. The normalized spacial score (nSPS) is 36.1. The lowest BCUT2D eigenvalue weighted by Gasteiger charge is -2.45. The second-order valence-corrected chi connectivity index (χ2v) is 13.0. The van der Waals surface area contributed by atoms with E-state index < -0.39 is 104 Å². The molecule has 0 radical (unpaired) electrons. The van der Waals surface area contributed by atoms with Crippen LogP contribution in [0, 0.1) is 5.41 Å². The van der Waals surface area contributed by atoms with Gasteiger partial charge < -0.3 is 54.3 Å². The topological polar surface area (TPSA) is 219 Å². The van der Waals surface area contributed by atoms with Crippen LogP contribution in [-0.4, -0.2) is 122 Å². The standard InChI is InChI=1S/C34H50O14/c1-7-9-10-17(3)11-12-19-18(4)25(37)21(15-34(19,5)6)45-24(36)14-13-23(35)44-16-22-31(28(40)29(41)32(43)46-22)48-33-30(42)27(39)26(38)20(8-2)47-33/h7,9-12,20-22,26-33,38-43H,8,13-16H2,1-6H3/b9-7+,12-11+,17-10+. The summed E-state index contributed by atoms with van der Waals surface area (Å²) in [6, 6.07) is 0. The second-order valence-electron chi connectivity index (χ2n) is 13.0. The SMILES string of the molecule is C/C=C/C=C(C)/C=C/C1=C(C)C(=O)C(OC(=O)CCC(=O)OCC2OC(O)C(O)C(O)C2OC2OC(CC)C(O)C(O)C2O)CC1(C)C. The summed E-state index contributed by atoms with van der Waals surface area (Å²) in [5.74, 6) is -1.97. The first kappa shape index (κ1) is 39.6. The molecule has 0 aromatic carbocycles. The molecule has 0 aromatic heterocycles. The third-order valence-corrected chi connectivity index (χ3v) is 8.79. The Labute approximate surface area is 280 Å². The Morgan fingerprint density at radius 1 is 0.938 bits per heavy atom. The molecule has 2 saturated heterocycles. The van der Waals surface area contributed by atoms with Gasteiger partial charge in [0, 0.05) is 6.42 Å². The molecule has 11 unspecified atom stereocenters. The number of hydrogen-bond donors (Lipinski definition) is 6. The van der Waals surface area contributed by atoms with Gasteiger partial charge in [-0.1, -0.05) is 56.7 Å². The summed E-state index contributed by atoms with van der Waals surface area (Å²) in [6.07, 6.45) is -7.45. The number of ketones is 1. The van der Waals surface area contributed by atoms with Crippen molar-refractivity contribution in [3.8, 4) is 0 Å². The average molecular weight is 683 g/mol. The Kier molecular flexibility index (Phi) is 14.2. The lowest BCUT2D eigenvalue weighted by Crippen LogP contribution is -2.64. The van der Waals surface area contributed by atoms with E-state index in [0.717, 1.165) is 11.1 Å². The number of aliphatic hydroxyl groups is 6. The van der Waals surface area contributed by atoms with Crippen LogP contribution in [0.1, 0.15) is 67.2 Å².